The van der Waals surface area contributed by atoms with E-state index in [4.69, 9.17) is 5.73 Å². The van der Waals surface area contributed by atoms with Gasteiger partial charge in [-0.3, -0.25) is 0 Å². The summed E-state index contributed by atoms with van der Waals surface area (Å²) in [6.45, 7) is 2.05. The summed E-state index contributed by atoms with van der Waals surface area (Å²) in [6, 6.07) is 0. The molecule has 3 N–H and O–H groups in total. The average molecular weight is 372 g/mol. The van der Waals surface area contributed by atoms with Gasteiger partial charge in [-0.25, -0.2) is 4.79 Å². The number of rotatable bonds is 17. The summed E-state index contributed by atoms with van der Waals surface area (Å²) in [7, 11) is -2.30. The Morgan fingerprint density at radius 1 is 0.920 bits per heavy atom. The van der Waals surface area contributed by atoms with E-state index < -0.39 is 7.77 Å². The number of carbonyl (C=O) groups is 1. The first kappa shape index (κ1) is 24.5. The molecule has 0 bridgehead atoms. The van der Waals surface area contributed by atoms with Gasteiger partial charge in [0.15, 0.2) is 7.77 Å². The van der Waals surface area contributed by atoms with E-state index in [1.807, 2.05) is 0 Å². The van der Waals surface area contributed by atoms with E-state index in [-0.39, 0.29) is 24.0 Å². The van der Waals surface area contributed by atoms with E-state index in [9.17, 15) is 14.8 Å². The van der Waals surface area contributed by atoms with Crippen LogP contribution in [0.15, 0.2) is 12.2 Å². The summed E-state index contributed by atoms with van der Waals surface area (Å²) in [5, 5.41) is 9.20. The molecule has 0 rings (SSSR count). The smallest absolute Gasteiger partial charge is 0.321 e. The van der Waals surface area contributed by atoms with Crippen LogP contribution in [0.4, 0.5) is 0 Å². The maximum atomic E-state index is 11.5. The van der Waals surface area contributed by atoms with Crippen LogP contribution >= 0.6 is 7.77 Å². The van der Waals surface area contributed by atoms with Gasteiger partial charge in [0.1, 0.15) is 0 Å². The van der Waals surface area contributed by atoms with Crippen LogP contribution in [0.25, 0.3) is 0 Å². The second kappa shape index (κ2) is 18.3. The molecule has 0 fully saturated rings. The largest absolute Gasteiger partial charge is 0.622 e. The van der Waals surface area contributed by atoms with Crippen LogP contribution in [-0.4, -0.2) is 22.7 Å². The SMILES string of the molecule is CCCCCCCC/C=C\CCCCCCCC(=O)/[P+]([O-])=C(\O)CN. The van der Waals surface area contributed by atoms with E-state index in [2.05, 4.69) is 19.1 Å². The molecular formula is C20H38NO3P. The molecule has 0 aliphatic heterocycles. The summed E-state index contributed by atoms with van der Waals surface area (Å²) in [4.78, 5) is 23.0. The van der Waals surface area contributed by atoms with Crippen LogP contribution < -0.4 is 10.6 Å². The van der Waals surface area contributed by atoms with E-state index in [0.29, 0.717) is 0 Å². The fourth-order valence-electron chi connectivity index (χ4n) is 2.68. The third-order valence-electron chi connectivity index (χ3n) is 4.30. The van der Waals surface area contributed by atoms with Crippen molar-refractivity contribution in [2.45, 2.75) is 96.8 Å². The van der Waals surface area contributed by atoms with Crippen molar-refractivity contribution in [3.05, 3.63) is 12.2 Å². The summed E-state index contributed by atoms with van der Waals surface area (Å²) in [6.07, 6.45) is 20.5. The third-order valence-corrected chi connectivity index (χ3v) is 5.62. The molecule has 1 atom stereocenters. The molecule has 0 spiro atoms. The van der Waals surface area contributed by atoms with Crippen molar-refractivity contribution in [3.63, 3.8) is 0 Å². The van der Waals surface area contributed by atoms with Crippen molar-refractivity contribution in [2.75, 3.05) is 6.54 Å². The molecule has 1 unspecified atom stereocenters. The predicted octanol–water partition coefficient (Wildman–Crippen LogP) is 4.77. The quantitative estimate of drug-likeness (QED) is 0.219. The number of allylic oxidation sites excluding steroid dienone is 2. The van der Waals surface area contributed by atoms with Crippen molar-refractivity contribution in [3.8, 4) is 0 Å². The summed E-state index contributed by atoms with van der Waals surface area (Å²) < 4.78 is 0. The molecule has 146 valence electrons. The molecule has 4 nitrogen and oxygen atoms in total. The first-order valence-corrected chi connectivity index (χ1v) is 11.3. The van der Waals surface area contributed by atoms with Crippen molar-refractivity contribution >= 4 is 18.8 Å². The number of hydrogen-bond acceptors (Lipinski definition) is 3. The first-order chi connectivity index (χ1) is 12.1. The minimum Gasteiger partial charge on any atom is -0.622 e. The number of nitrogens with two attached hydrogens (primary N) is 1. The molecule has 0 aromatic rings. The summed E-state index contributed by atoms with van der Waals surface area (Å²) in [5.74, 6) is 0. The molecule has 0 radical (unpaired) electrons. The molecule has 0 amide bonds. The van der Waals surface area contributed by atoms with E-state index in [1.54, 1.807) is 0 Å². The zero-order chi connectivity index (χ0) is 18.8. The molecule has 5 heteroatoms. The Morgan fingerprint density at radius 2 is 1.40 bits per heavy atom. The first-order valence-electron chi connectivity index (χ1n) is 10.0. The number of carbonyl (C=O) groups excluding carboxylic acids is 1. The molecule has 0 heterocycles. The monoisotopic (exact) mass is 371 g/mol. The Hall–Kier alpha value is -0.540. The van der Waals surface area contributed by atoms with E-state index >= 15 is 0 Å². The van der Waals surface area contributed by atoms with Crippen molar-refractivity contribution in [1.29, 1.82) is 0 Å². The van der Waals surface area contributed by atoms with Gasteiger partial charge < -0.3 is 15.7 Å². The maximum Gasteiger partial charge on any atom is 0.321 e. The van der Waals surface area contributed by atoms with Crippen LogP contribution in [-0.2, 0) is 4.79 Å². The number of unbranched alkanes of at least 4 members (excludes halogenated alkanes) is 11. The molecule has 0 aromatic heterocycles. The highest BCUT2D eigenvalue weighted by atomic mass is 31.1. The van der Waals surface area contributed by atoms with E-state index in [1.165, 1.54) is 57.8 Å². The lowest BCUT2D eigenvalue weighted by Crippen LogP contribution is -2.17. The highest BCUT2D eigenvalue weighted by Gasteiger charge is 2.16. The second-order valence-electron chi connectivity index (χ2n) is 6.64. The lowest BCUT2D eigenvalue weighted by molar-refractivity contribution is -0.159. The van der Waals surface area contributed by atoms with E-state index in [0.717, 1.165) is 25.7 Å². The predicted molar refractivity (Wildman–Crippen MR) is 107 cm³/mol. The number of aliphatic hydroxyl groups excluding tert-OH is 1. The van der Waals surface area contributed by atoms with Crippen molar-refractivity contribution < 1.29 is 14.8 Å². The highest BCUT2D eigenvalue weighted by molar-refractivity contribution is 7.68. The van der Waals surface area contributed by atoms with Gasteiger partial charge in [-0.1, -0.05) is 70.4 Å². The average Bonchev–Trinajstić information content (AvgIpc) is 2.63. The molecule has 0 aliphatic carbocycles. The topological polar surface area (TPSA) is 86.4 Å². The lowest BCUT2D eigenvalue weighted by atomic mass is 10.1. The van der Waals surface area contributed by atoms with Gasteiger partial charge in [0.2, 0.25) is 5.48 Å². The third kappa shape index (κ3) is 15.4. The normalized spacial score (nSPS) is 12.6. The summed E-state index contributed by atoms with van der Waals surface area (Å²) >= 11 is 0. The van der Waals surface area contributed by atoms with Gasteiger partial charge in [-0.2, -0.15) is 0 Å². The molecule has 0 aromatic carbocycles. The van der Waals surface area contributed by atoms with Crippen LogP contribution in [0.3, 0.4) is 0 Å². The summed E-state index contributed by atoms with van der Waals surface area (Å²) in [5.41, 5.74) is 4.41. The van der Waals surface area contributed by atoms with Gasteiger partial charge in [-0.15, -0.1) is 0 Å². The number of aliphatic hydroxyl groups is 1. The van der Waals surface area contributed by atoms with Crippen molar-refractivity contribution in [1.82, 2.24) is 0 Å². The Bertz CT molecular complexity index is 394. The zero-order valence-electron chi connectivity index (χ0n) is 16.0. The fourth-order valence-corrected chi connectivity index (χ4v) is 3.49. The Morgan fingerprint density at radius 3 is 1.92 bits per heavy atom. The molecule has 0 aliphatic rings. The maximum absolute atomic E-state index is 11.5. The Balaban J connectivity index is 3.39. The van der Waals surface area contributed by atoms with Crippen LogP contribution in [0, 0.1) is 0 Å². The minimum atomic E-state index is -2.30. The Kier molecular flexibility index (Phi) is 17.9. The van der Waals surface area contributed by atoms with Gasteiger partial charge in [0, 0.05) is 0 Å². The zero-order valence-corrected chi connectivity index (χ0v) is 16.9. The van der Waals surface area contributed by atoms with Crippen molar-refractivity contribution in [2.24, 2.45) is 5.73 Å². The number of hydrogen-bond donors (Lipinski definition) is 2. The lowest BCUT2D eigenvalue weighted by Gasteiger charge is -2.01. The van der Waals surface area contributed by atoms with Crippen LogP contribution in [0.5, 0.6) is 0 Å². The van der Waals surface area contributed by atoms with Gasteiger partial charge >= 0.3 is 5.52 Å². The highest BCUT2D eigenvalue weighted by Crippen LogP contribution is 2.19. The van der Waals surface area contributed by atoms with Gasteiger partial charge in [0.05, 0.1) is 13.0 Å². The molecular weight excluding hydrogens is 333 g/mol. The standard InChI is InChI=1S/C20H38NO3P/c1-2-3-4-5-6-7-8-9-10-11-12-13-14-15-16-17-19(22)25(24)20(23)18-21/h9-10,23H,2-8,11-18,21H2,1H3/b10-9-. The minimum absolute atomic E-state index is 0.201. The molecule has 25 heavy (non-hydrogen) atoms. The van der Waals surface area contributed by atoms with Gasteiger partial charge in [-0.05, 0) is 32.1 Å². The molecule has 0 saturated heterocycles. The Labute approximate surface area is 155 Å². The fraction of sp³-hybridized carbons (Fsp3) is 0.800. The van der Waals surface area contributed by atoms with Crippen LogP contribution in [0.2, 0.25) is 0 Å². The van der Waals surface area contributed by atoms with Gasteiger partial charge in [0.25, 0.3) is 0 Å². The second-order valence-corrected chi connectivity index (χ2v) is 8.25. The van der Waals surface area contributed by atoms with Crippen LogP contribution in [0.1, 0.15) is 96.8 Å². The molecule has 0 saturated carbocycles.